The van der Waals surface area contributed by atoms with Crippen LogP contribution in [-0.2, 0) is 6.54 Å². The second-order valence-electron chi connectivity index (χ2n) is 4.05. The molecule has 0 radical (unpaired) electrons. The molecule has 1 atom stereocenters. The monoisotopic (exact) mass is 273 g/mol. The van der Waals surface area contributed by atoms with E-state index in [0.717, 1.165) is 18.5 Å². The predicted octanol–water partition coefficient (Wildman–Crippen LogP) is 1.57. The molecule has 0 aliphatic rings. The van der Waals surface area contributed by atoms with Crippen LogP contribution in [0, 0.1) is 0 Å². The smallest absolute Gasteiger partial charge is 0.142 e. The normalized spacial score (nSPS) is 12.4. The van der Waals surface area contributed by atoms with Gasteiger partial charge in [-0.05, 0) is 19.0 Å². The van der Waals surface area contributed by atoms with Gasteiger partial charge in [0.1, 0.15) is 18.5 Å². The number of nitrogens with one attached hydrogen (secondary N) is 1. The molecule has 0 fully saturated rings. The minimum absolute atomic E-state index is 0.0288. The lowest BCUT2D eigenvalue weighted by Crippen LogP contribution is -2.22. The van der Waals surface area contributed by atoms with Crippen LogP contribution in [0.5, 0.6) is 5.75 Å². The van der Waals surface area contributed by atoms with Gasteiger partial charge in [0.15, 0.2) is 0 Å². The molecule has 0 saturated carbocycles. The summed E-state index contributed by atoms with van der Waals surface area (Å²) in [4.78, 5) is 0. The van der Waals surface area contributed by atoms with Gasteiger partial charge >= 0.3 is 0 Å². The highest BCUT2D eigenvalue weighted by atomic mass is 35.5. The topological polar surface area (TPSA) is 61.7 Å². The molecule has 1 rings (SSSR count). The summed E-state index contributed by atoms with van der Waals surface area (Å²) in [7, 11) is 0. The highest BCUT2D eigenvalue weighted by Gasteiger charge is 2.10. The molecule has 0 saturated heterocycles. The average Bonchev–Trinajstić information content (AvgIpc) is 2.38. The summed E-state index contributed by atoms with van der Waals surface area (Å²) in [5, 5.41) is 21.8. The average molecular weight is 274 g/mol. The van der Waals surface area contributed by atoms with Crippen LogP contribution in [0.2, 0.25) is 5.02 Å². The second-order valence-corrected chi connectivity index (χ2v) is 4.46. The molecular weight excluding hydrogens is 254 g/mol. The summed E-state index contributed by atoms with van der Waals surface area (Å²) in [5.74, 6) is 0.565. The number of ether oxygens (including phenoxy) is 1. The van der Waals surface area contributed by atoms with Gasteiger partial charge in [-0.15, -0.1) is 0 Å². The number of rotatable bonds is 8. The molecule has 0 amide bonds. The molecule has 0 aromatic heterocycles. The summed E-state index contributed by atoms with van der Waals surface area (Å²) in [6, 6.07) is 5.53. The Morgan fingerprint density at radius 3 is 2.89 bits per heavy atom. The molecule has 5 heteroatoms. The third kappa shape index (κ3) is 4.82. The molecule has 1 aromatic rings. The lowest BCUT2D eigenvalue weighted by atomic mass is 10.2. The van der Waals surface area contributed by atoms with Crippen molar-refractivity contribution in [1.82, 2.24) is 5.32 Å². The van der Waals surface area contributed by atoms with Crippen molar-refractivity contribution < 1.29 is 14.9 Å². The SMILES string of the molecule is CCCNCc1cccc(Cl)c1OCC(O)CO. The van der Waals surface area contributed by atoms with Crippen molar-refractivity contribution in [3.63, 3.8) is 0 Å². The van der Waals surface area contributed by atoms with Crippen molar-refractivity contribution >= 4 is 11.6 Å². The summed E-state index contributed by atoms with van der Waals surface area (Å²) < 4.78 is 5.47. The Hall–Kier alpha value is -0.810. The molecule has 0 heterocycles. The van der Waals surface area contributed by atoms with Gasteiger partial charge < -0.3 is 20.3 Å². The van der Waals surface area contributed by atoms with Gasteiger partial charge in [-0.2, -0.15) is 0 Å². The number of hydrogen-bond acceptors (Lipinski definition) is 4. The molecular formula is C13H20ClNO3. The number of para-hydroxylation sites is 1. The maximum Gasteiger partial charge on any atom is 0.142 e. The number of hydrogen-bond donors (Lipinski definition) is 3. The van der Waals surface area contributed by atoms with Crippen molar-refractivity contribution in [2.75, 3.05) is 19.8 Å². The Morgan fingerprint density at radius 1 is 1.44 bits per heavy atom. The first-order chi connectivity index (χ1) is 8.69. The standard InChI is InChI=1S/C13H20ClNO3/c1-2-6-15-7-10-4-3-5-12(14)13(10)18-9-11(17)8-16/h3-5,11,15-17H,2,6-9H2,1H3. The molecule has 18 heavy (non-hydrogen) atoms. The molecule has 3 N–H and O–H groups in total. The molecule has 1 aromatic carbocycles. The van der Waals surface area contributed by atoms with Gasteiger partial charge in [0, 0.05) is 12.1 Å². The van der Waals surface area contributed by atoms with E-state index in [-0.39, 0.29) is 13.2 Å². The van der Waals surface area contributed by atoms with Crippen LogP contribution in [0.4, 0.5) is 0 Å². The van der Waals surface area contributed by atoms with Crippen LogP contribution in [-0.4, -0.2) is 36.1 Å². The largest absolute Gasteiger partial charge is 0.489 e. The fraction of sp³-hybridized carbons (Fsp3) is 0.538. The van der Waals surface area contributed by atoms with E-state index in [1.54, 1.807) is 6.07 Å². The summed E-state index contributed by atoms with van der Waals surface area (Å²) in [6.07, 6.45) is 0.165. The maximum absolute atomic E-state index is 9.28. The van der Waals surface area contributed by atoms with Crippen LogP contribution in [0.15, 0.2) is 18.2 Å². The summed E-state index contributed by atoms with van der Waals surface area (Å²) in [5.41, 5.74) is 0.945. The van der Waals surface area contributed by atoms with E-state index >= 15 is 0 Å². The van der Waals surface area contributed by atoms with E-state index in [1.165, 1.54) is 0 Å². The number of aliphatic hydroxyl groups is 2. The molecule has 102 valence electrons. The van der Waals surface area contributed by atoms with Crippen molar-refractivity contribution in [3.8, 4) is 5.75 Å². The van der Waals surface area contributed by atoms with E-state index in [2.05, 4.69) is 12.2 Å². The van der Waals surface area contributed by atoms with Gasteiger partial charge in [-0.1, -0.05) is 30.7 Å². The molecule has 0 aliphatic heterocycles. The van der Waals surface area contributed by atoms with Gasteiger partial charge in [0.25, 0.3) is 0 Å². The molecule has 0 aliphatic carbocycles. The van der Waals surface area contributed by atoms with Crippen molar-refractivity contribution in [2.45, 2.75) is 26.0 Å². The summed E-state index contributed by atoms with van der Waals surface area (Å²) in [6.45, 7) is 3.39. The van der Waals surface area contributed by atoms with Crippen molar-refractivity contribution in [3.05, 3.63) is 28.8 Å². The van der Waals surface area contributed by atoms with E-state index < -0.39 is 6.10 Å². The number of benzene rings is 1. The quantitative estimate of drug-likeness (QED) is 0.629. The Balaban J connectivity index is 2.67. The molecule has 0 spiro atoms. The first-order valence-electron chi connectivity index (χ1n) is 6.08. The van der Waals surface area contributed by atoms with E-state index in [9.17, 15) is 5.11 Å². The van der Waals surface area contributed by atoms with Crippen LogP contribution in [0.3, 0.4) is 0 Å². The minimum atomic E-state index is -0.891. The lowest BCUT2D eigenvalue weighted by molar-refractivity contribution is 0.0533. The van der Waals surface area contributed by atoms with Crippen molar-refractivity contribution in [1.29, 1.82) is 0 Å². The van der Waals surface area contributed by atoms with Crippen LogP contribution < -0.4 is 10.1 Å². The van der Waals surface area contributed by atoms with E-state index in [0.29, 0.717) is 17.3 Å². The fourth-order valence-electron chi connectivity index (χ4n) is 1.49. The van der Waals surface area contributed by atoms with Crippen molar-refractivity contribution in [2.24, 2.45) is 0 Å². The Bertz CT molecular complexity index is 360. The Morgan fingerprint density at radius 2 is 2.22 bits per heavy atom. The molecule has 0 bridgehead atoms. The molecule has 1 unspecified atom stereocenters. The molecule has 4 nitrogen and oxygen atoms in total. The fourth-order valence-corrected chi connectivity index (χ4v) is 1.74. The first kappa shape index (κ1) is 15.2. The maximum atomic E-state index is 9.28. The van der Waals surface area contributed by atoms with Crippen LogP contribution >= 0.6 is 11.6 Å². The first-order valence-corrected chi connectivity index (χ1v) is 6.46. The van der Waals surface area contributed by atoms with Gasteiger partial charge in [0.05, 0.1) is 11.6 Å². The zero-order valence-corrected chi connectivity index (χ0v) is 11.3. The lowest BCUT2D eigenvalue weighted by Gasteiger charge is -2.15. The zero-order valence-electron chi connectivity index (χ0n) is 10.5. The summed E-state index contributed by atoms with van der Waals surface area (Å²) >= 11 is 6.07. The third-order valence-electron chi connectivity index (χ3n) is 2.42. The Kier molecular flexibility index (Phi) is 7.05. The van der Waals surface area contributed by atoms with Gasteiger partial charge in [-0.25, -0.2) is 0 Å². The van der Waals surface area contributed by atoms with Gasteiger partial charge in [-0.3, -0.25) is 0 Å². The minimum Gasteiger partial charge on any atom is -0.489 e. The van der Waals surface area contributed by atoms with E-state index in [1.807, 2.05) is 12.1 Å². The zero-order chi connectivity index (χ0) is 13.4. The number of aliphatic hydroxyl groups excluding tert-OH is 2. The second kappa shape index (κ2) is 8.32. The van der Waals surface area contributed by atoms with Gasteiger partial charge in [0.2, 0.25) is 0 Å². The highest BCUT2D eigenvalue weighted by Crippen LogP contribution is 2.28. The Labute approximate surface area is 113 Å². The van der Waals surface area contributed by atoms with Crippen LogP contribution in [0.1, 0.15) is 18.9 Å². The van der Waals surface area contributed by atoms with Crippen LogP contribution in [0.25, 0.3) is 0 Å². The van der Waals surface area contributed by atoms with E-state index in [4.69, 9.17) is 21.4 Å². The predicted molar refractivity (Wildman–Crippen MR) is 72.0 cm³/mol. The third-order valence-corrected chi connectivity index (χ3v) is 2.72. The highest BCUT2D eigenvalue weighted by molar-refractivity contribution is 6.32. The number of halogens is 1.